The Balaban J connectivity index is 1.41. The van der Waals surface area contributed by atoms with Crippen LogP contribution in [-0.4, -0.2) is 38.8 Å². The summed E-state index contributed by atoms with van der Waals surface area (Å²) in [6.45, 7) is 3.83. The third-order valence-electron chi connectivity index (χ3n) is 4.87. The maximum absolute atomic E-state index is 12.4. The van der Waals surface area contributed by atoms with Crippen molar-refractivity contribution in [3.63, 3.8) is 0 Å². The molecular formula is C20H23N5O. The Hall–Kier alpha value is -2.73. The molecule has 6 nitrogen and oxygen atoms in total. The fraction of sp³-hybridized carbons (Fsp3) is 0.350. The van der Waals surface area contributed by atoms with Gasteiger partial charge in [0.05, 0.1) is 35.9 Å². The number of likely N-dealkylation sites (tertiary alicyclic amines) is 1. The van der Waals surface area contributed by atoms with E-state index < -0.39 is 0 Å². The van der Waals surface area contributed by atoms with E-state index in [1.807, 2.05) is 24.3 Å². The monoisotopic (exact) mass is 349 g/mol. The van der Waals surface area contributed by atoms with Crippen LogP contribution >= 0.6 is 0 Å². The van der Waals surface area contributed by atoms with Crippen LogP contribution in [0.5, 0.6) is 0 Å². The number of pyridine rings is 1. The normalized spacial score (nSPS) is 17.7. The van der Waals surface area contributed by atoms with E-state index in [4.69, 9.17) is 4.98 Å². The number of carbonyl (C=O) groups is 1. The van der Waals surface area contributed by atoms with Crippen LogP contribution in [0.15, 0.2) is 42.6 Å². The van der Waals surface area contributed by atoms with Crippen LogP contribution in [0.4, 0.5) is 0 Å². The number of nitrogens with zero attached hydrogens (tertiary/aromatic N) is 3. The summed E-state index contributed by atoms with van der Waals surface area (Å²) >= 11 is 0. The first-order valence-electron chi connectivity index (χ1n) is 9.06. The molecule has 1 fully saturated rings. The van der Waals surface area contributed by atoms with Gasteiger partial charge in [0.25, 0.3) is 0 Å². The van der Waals surface area contributed by atoms with Gasteiger partial charge in [-0.25, -0.2) is 4.98 Å². The molecule has 3 aromatic rings. The first kappa shape index (κ1) is 16.7. The van der Waals surface area contributed by atoms with Crippen molar-refractivity contribution < 1.29 is 4.79 Å². The van der Waals surface area contributed by atoms with Gasteiger partial charge in [-0.3, -0.25) is 14.7 Å². The van der Waals surface area contributed by atoms with Crippen molar-refractivity contribution in [2.75, 3.05) is 13.1 Å². The van der Waals surface area contributed by atoms with E-state index >= 15 is 0 Å². The number of nitrogens with one attached hydrogen (secondary N) is 2. The van der Waals surface area contributed by atoms with Crippen LogP contribution in [0, 0.1) is 6.92 Å². The standard InChI is InChI=1S/C20H23N5O/c1-14-7-8-16-17(11-14)24-20(23-16)18-6-4-10-25(18)13-19(26)22-12-15-5-2-3-9-21-15/h2-3,5,7-9,11,18H,4,6,10,12-13H2,1H3,(H,22,26)(H,23,24)/t18-/m0/s1. The molecular weight excluding hydrogens is 326 g/mol. The minimum atomic E-state index is 0.0227. The summed E-state index contributed by atoms with van der Waals surface area (Å²) in [5, 5.41) is 2.96. The Labute approximate surface area is 152 Å². The third kappa shape index (κ3) is 3.60. The topological polar surface area (TPSA) is 73.9 Å². The number of H-pyrrole nitrogens is 1. The molecule has 1 aliphatic heterocycles. The van der Waals surface area contributed by atoms with Gasteiger partial charge in [-0.2, -0.15) is 0 Å². The van der Waals surface area contributed by atoms with E-state index in [0.717, 1.165) is 41.9 Å². The van der Waals surface area contributed by atoms with E-state index in [1.165, 1.54) is 5.56 Å². The van der Waals surface area contributed by atoms with E-state index in [9.17, 15) is 4.79 Å². The maximum Gasteiger partial charge on any atom is 0.234 e. The lowest BCUT2D eigenvalue weighted by Gasteiger charge is -2.22. The summed E-state index contributed by atoms with van der Waals surface area (Å²) in [6, 6.07) is 12.1. The lowest BCUT2D eigenvalue weighted by Crippen LogP contribution is -2.37. The number of aromatic nitrogens is 3. The number of imidazole rings is 1. The molecule has 6 heteroatoms. The number of aryl methyl sites for hydroxylation is 1. The summed E-state index contributed by atoms with van der Waals surface area (Å²) in [4.78, 5) is 27.0. The van der Waals surface area contributed by atoms with E-state index in [-0.39, 0.29) is 11.9 Å². The molecule has 2 aromatic heterocycles. The van der Waals surface area contributed by atoms with Gasteiger partial charge in [0.1, 0.15) is 5.82 Å². The number of rotatable bonds is 5. The average molecular weight is 349 g/mol. The molecule has 0 saturated carbocycles. The van der Waals surface area contributed by atoms with Crippen molar-refractivity contribution in [1.82, 2.24) is 25.2 Å². The average Bonchev–Trinajstić information content (AvgIpc) is 3.26. The summed E-state index contributed by atoms with van der Waals surface area (Å²) in [5.74, 6) is 0.982. The van der Waals surface area contributed by atoms with Crippen molar-refractivity contribution in [3.8, 4) is 0 Å². The number of hydrogen-bond donors (Lipinski definition) is 2. The molecule has 134 valence electrons. The number of amides is 1. The lowest BCUT2D eigenvalue weighted by molar-refractivity contribution is -0.122. The first-order chi connectivity index (χ1) is 12.7. The minimum absolute atomic E-state index is 0.0227. The summed E-state index contributed by atoms with van der Waals surface area (Å²) in [6.07, 6.45) is 3.84. The highest BCUT2D eigenvalue weighted by Crippen LogP contribution is 2.31. The third-order valence-corrected chi connectivity index (χ3v) is 4.87. The van der Waals surface area contributed by atoms with Crippen LogP contribution < -0.4 is 5.32 Å². The molecule has 0 aliphatic carbocycles. The van der Waals surface area contributed by atoms with Crippen LogP contribution in [0.25, 0.3) is 11.0 Å². The Morgan fingerprint density at radius 1 is 1.35 bits per heavy atom. The quantitative estimate of drug-likeness (QED) is 0.743. The Morgan fingerprint density at radius 3 is 3.12 bits per heavy atom. The number of fused-ring (bicyclic) bond motifs is 1. The van der Waals surface area contributed by atoms with Gasteiger partial charge in [-0.15, -0.1) is 0 Å². The predicted molar refractivity (Wildman–Crippen MR) is 100 cm³/mol. The highest BCUT2D eigenvalue weighted by Gasteiger charge is 2.29. The highest BCUT2D eigenvalue weighted by atomic mass is 16.2. The molecule has 0 unspecified atom stereocenters. The van der Waals surface area contributed by atoms with Crippen molar-refractivity contribution in [2.24, 2.45) is 0 Å². The van der Waals surface area contributed by atoms with Crippen molar-refractivity contribution in [1.29, 1.82) is 0 Å². The molecule has 1 saturated heterocycles. The fourth-order valence-corrected chi connectivity index (χ4v) is 3.56. The highest BCUT2D eigenvalue weighted by molar-refractivity contribution is 5.78. The Morgan fingerprint density at radius 2 is 2.27 bits per heavy atom. The first-order valence-corrected chi connectivity index (χ1v) is 9.06. The van der Waals surface area contributed by atoms with E-state index in [2.05, 4.69) is 39.2 Å². The molecule has 1 aliphatic rings. The van der Waals surface area contributed by atoms with Gasteiger partial charge in [-0.05, 0) is 56.1 Å². The summed E-state index contributed by atoms with van der Waals surface area (Å²) < 4.78 is 0. The fourth-order valence-electron chi connectivity index (χ4n) is 3.56. The molecule has 3 heterocycles. The maximum atomic E-state index is 12.4. The zero-order valence-electron chi connectivity index (χ0n) is 14.9. The largest absolute Gasteiger partial charge is 0.349 e. The van der Waals surface area contributed by atoms with Gasteiger partial charge < -0.3 is 10.3 Å². The van der Waals surface area contributed by atoms with Crippen LogP contribution in [0.1, 0.15) is 36.0 Å². The van der Waals surface area contributed by atoms with E-state index in [1.54, 1.807) is 6.20 Å². The van der Waals surface area contributed by atoms with Crippen LogP contribution in [-0.2, 0) is 11.3 Å². The molecule has 26 heavy (non-hydrogen) atoms. The second-order valence-electron chi connectivity index (χ2n) is 6.87. The number of hydrogen-bond acceptors (Lipinski definition) is 4. The van der Waals surface area contributed by atoms with Crippen LogP contribution in [0.3, 0.4) is 0 Å². The number of carbonyl (C=O) groups excluding carboxylic acids is 1. The Kier molecular flexibility index (Phi) is 4.67. The molecule has 2 N–H and O–H groups in total. The number of aromatic amines is 1. The van der Waals surface area contributed by atoms with Gasteiger partial charge >= 0.3 is 0 Å². The molecule has 1 atom stereocenters. The molecule has 1 aromatic carbocycles. The zero-order valence-corrected chi connectivity index (χ0v) is 14.9. The predicted octanol–water partition coefficient (Wildman–Crippen LogP) is 2.72. The van der Waals surface area contributed by atoms with Gasteiger partial charge in [-0.1, -0.05) is 12.1 Å². The molecule has 0 spiro atoms. The molecule has 0 radical (unpaired) electrons. The van der Waals surface area contributed by atoms with Crippen molar-refractivity contribution in [3.05, 3.63) is 59.7 Å². The van der Waals surface area contributed by atoms with Gasteiger partial charge in [0, 0.05) is 6.20 Å². The zero-order chi connectivity index (χ0) is 17.9. The Bertz CT molecular complexity index is 905. The second kappa shape index (κ2) is 7.25. The lowest BCUT2D eigenvalue weighted by atomic mass is 10.2. The van der Waals surface area contributed by atoms with Crippen molar-refractivity contribution in [2.45, 2.75) is 32.4 Å². The molecule has 0 bridgehead atoms. The van der Waals surface area contributed by atoms with Crippen molar-refractivity contribution >= 4 is 16.9 Å². The summed E-state index contributed by atoms with van der Waals surface area (Å²) in [7, 11) is 0. The van der Waals surface area contributed by atoms with Crippen LogP contribution in [0.2, 0.25) is 0 Å². The van der Waals surface area contributed by atoms with Gasteiger partial charge in [0.2, 0.25) is 5.91 Å². The molecule has 1 amide bonds. The number of benzene rings is 1. The second-order valence-corrected chi connectivity index (χ2v) is 6.87. The SMILES string of the molecule is Cc1ccc2nc([C@@H]3CCCN3CC(=O)NCc3ccccn3)[nH]c2c1. The van der Waals surface area contributed by atoms with Gasteiger partial charge in [0.15, 0.2) is 0 Å². The summed E-state index contributed by atoms with van der Waals surface area (Å²) in [5.41, 5.74) is 4.12. The van der Waals surface area contributed by atoms with E-state index in [0.29, 0.717) is 13.1 Å². The molecule has 4 rings (SSSR count). The minimum Gasteiger partial charge on any atom is -0.349 e. The smallest absolute Gasteiger partial charge is 0.234 e.